The number of carboxylic acid groups (broad SMARTS) is 1. The van der Waals surface area contributed by atoms with Crippen LogP contribution in [0.4, 0.5) is 4.79 Å². The normalized spacial score (nSPS) is 28.2. The Morgan fingerprint density at radius 1 is 1.47 bits per heavy atom. The average Bonchev–Trinajstić information content (AvgIpc) is 3.08. The van der Waals surface area contributed by atoms with Gasteiger partial charge in [-0.15, -0.1) is 0 Å². The third-order valence-electron chi connectivity index (χ3n) is 4.41. The van der Waals surface area contributed by atoms with Crippen LogP contribution in [0, 0.1) is 11.3 Å². The molecule has 108 valence electrons. The Morgan fingerprint density at radius 2 is 2.16 bits per heavy atom. The van der Waals surface area contributed by atoms with Crippen LogP contribution in [0.2, 0.25) is 0 Å². The predicted molar refractivity (Wildman–Crippen MR) is 71.9 cm³/mol. The highest BCUT2D eigenvalue weighted by atomic mass is 16.4. The Bertz CT molecular complexity index is 368. The van der Waals surface area contributed by atoms with E-state index in [0.717, 1.165) is 18.8 Å². The van der Waals surface area contributed by atoms with E-state index in [1.807, 2.05) is 0 Å². The van der Waals surface area contributed by atoms with E-state index in [0.29, 0.717) is 19.5 Å². The lowest BCUT2D eigenvalue weighted by Gasteiger charge is -2.24. The molecule has 2 fully saturated rings. The molecule has 0 aromatic heterocycles. The summed E-state index contributed by atoms with van der Waals surface area (Å²) < 4.78 is 0. The molecule has 5 nitrogen and oxygen atoms in total. The number of likely N-dealkylation sites (tertiary alicyclic amines) is 1. The fraction of sp³-hybridized carbons (Fsp3) is 0.857. The van der Waals surface area contributed by atoms with Gasteiger partial charge in [0, 0.05) is 19.1 Å². The lowest BCUT2D eigenvalue weighted by molar-refractivity contribution is -0.146. The zero-order chi connectivity index (χ0) is 14.0. The molecule has 0 spiro atoms. The summed E-state index contributed by atoms with van der Waals surface area (Å²) in [5, 5.41) is 12.2. The average molecular weight is 268 g/mol. The fourth-order valence-electron chi connectivity index (χ4n) is 2.66. The maximum Gasteiger partial charge on any atom is 0.317 e. The minimum absolute atomic E-state index is 0.0996. The van der Waals surface area contributed by atoms with Gasteiger partial charge in [0.05, 0.1) is 5.41 Å². The van der Waals surface area contributed by atoms with Gasteiger partial charge in [-0.3, -0.25) is 4.79 Å². The van der Waals surface area contributed by atoms with Gasteiger partial charge in [-0.25, -0.2) is 4.79 Å². The minimum Gasteiger partial charge on any atom is -0.481 e. The molecule has 1 aliphatic heterocycles. The third kappa shape index (κ3) is 3.39. The Labute approximate surface area is 114 Å². The molecular weight excluding hydrogens is 244 g/mol. The van der Waals surface area contributed by atoms with Gasteiger partial charge in [0.15, 0.2) is 0 Å². The van der Waals surface area contributed by atoms with Crippen molar-refractivity contribution in [3.05, 3.63) is 0 Å². The fourth-order valence-corrected chi connectivity index (χ4v) is 2.66. The molecule has 5 heteroatoms. The largest absolute Gasteiger partial charge is 0.481 e. The number of rotatable bonds is 5. The van der Waals surface area contributed by atoms with Gasteiger partial charge < -0.3 is 15.3 Å². The van der Waals surface area contributed by atoms with E-state index in [9.17, 15) is 9.59 Å². The summed E-state index contributed by atoms with van der Waals surface area (Å²) in [6.07, 6.45) is 5.11. The highest BCUT2D eigenvalue weighted by Gasteiger charge is 2.42. The number of carbonyl (C=O) groups is 2. The molecule has 2 atom stereocenters. The molecule has 0 radical (unpaired) electrons. The first-order valence-corrected chi connectivity index (χ1v) is 7.23. The molecule has 1 heterocycles. The first-order chi connectivity index (χ1) is 8.94. The van der Waals surface area contributed by atoms with E-state index in [2.05, 4.69) is 12.2 Å². The molecule has 0 aromatic rings. The Morgan fingerprint density at radius 3 is 2.63 bits per heavy atom. The van der Waals surface area contributed by atoms with Gasteiger partial charge in [0.1, 0.15) is 0 Å². The van der Waals surface area contributed by atoms with E-state index in [4.69, 9.17) is 5.11 Å². The van der Waals surface area contributed by atoms with Crippen LogP contribution in [0.3, 0.4) is 0 Å². The van der Waals surface area contributed by atoms with Gasteiger partial charge in [-0.1, -0.05) is 19.8 Å². The summed E-state index contributed by atoms with van der Waals surface area (Å²) >= 11 is 0. The van der Waals surface area contributed by atoms with Gasteiger partial charge >= 0.3 is 12.0 Å². The van der Waals surface area contributed by atoms with Crippen LogP contribution >= 0.6 is 0 Å². The minimum atomic E-state index is -0.812. The lowest BCUT2D eigenvalue weighted by atomic mass is 9.90. The van der Waals surface area contributed by atoms with Crippen molar-refractivity contribution in [2.24, 2.45) is 11.3 Å². The molecule has 2 rings (SSSR count). The molecule has 1 saturated heterocycles. The molecule has 0 bridgehead atoms. The molecule has 19 heavy (non-hydrogen) atoms. The molecule has 1 saturated carbocycles. The van der Waals surface area contributed by atoms with Crippen molar-refractivity contribution in [2.75, 3.05) is 13.1 Å². The molecule has 2 aliphatic rings. The predicted octanol–water partition coefficient (Wildman–Crippen LogP) is 2.07. The zero-order valence-corrected chi connectivity index (χ0v) is 11.8. The monoisotopic (exact) mass is 268 g/mol. The van der Waals surface area contributed by atoms with Crippen molar-refractivity contribution in [3.63, 3.8) is 0 Å². The van der Waals surface area contributed by atoms with E-state index >= 15 is 0 Å². The van der Waals surface area contributed by atoms with Gasteiger partial charge in [0.25, 0.3) is 0 Å². The number of nitrogens with zero attached hydrogens (tertiary/aromatic N) is 1. The van der Waals surface area contributed by atoms with Crippen molar-refractivity contribution >= 4 is 12.0 Å². The number of hydrogen-bond acceptors (Lipinski definition) is 2. The number of hydrogen-bond donors (Lipinski definition) is 2. The Kier molecular flexibility index (Phi) is 4.02. The topological polar surface area (TPSA) is 69.6 Å². The van der Waals surface area contributed by atoms with Crippen LogP contribution in [0.25, 0.3) is 0 Å². The summed E-state index contributed by atoms with van der Waals surface area (Å²) in [6.45, 7) is 4.64. The Balaban J connectivity index is 1.84. The van der Waals surface area contributed by atoms with Crippen LogP contribution in [-0.2, 0) is 4.79 Å². The number of urea groups is 1. The smallest absolute Gasteiger partial charge is 0.317 e. The molecule has 2 N–H and O–H groups in total. The lowest BCUT2D eigenvalue weighted by Crippen LogP contribution is -2.45. The maximum atomic E-state index is 12.1. The highest BCUT2D eigenvalue weighted by Crippen LogP contribution is 2.34. The van der Waals surface area contributed by atoms with Crippen molar-refractivity contribution in [3.8, 4) is 0 Å². The number of nitrogens with one attached hydrogen (secondary N) is 1. The second-order valence-corrected chi connectivity index (χ2v) is 6.27. The number of amides is 2. The quantitative estimate of drug-likeness (QED) is 0.802. The van der Waals surface area contributed by atoms with Crippen LogP contribution in [0.15, 0.2) is 0 Å². The second kappa shape index (κ2) is 5.39. The summed E-state index contributed by atoms with van der Waals surface area (Å²) in [5.41, 5.74) is -0.782. The summed E-state index contributed by atoms with van der Waals surface area (Å²) in [5.74, 6) is -0.0269. The third-order valence-corrected chi connectivity index (χ3v) is 4.41. The van der Waals surface area contributed by atoms with Crippen LogP contribution in [0.1, 0.15) is 46.0 Å². The molecular formula is C14H24N2O3. The first-order valence-electron chi connectivity index (χ1n) is 7.23. The van der Waals surface area contributed by atoms with Crippen molar-refractivity contribution < 1.29 is 14.7 Å². The van der Waals surface area contributed by atoms with E-state index in [1.54, 1.807) is 11.8 Å². The van der Waals surface area contributed by atoms with Gasteiger partial charge in [-0.2, -0.15) is 0 Å². The summed E-state index contributed by atoms with van der Waals surface area (Å²) in [4.78, 5) is 25.0. The van der Waals surface area contributed by atoms with Crippen LogP contribution < -0.4 is 5.32 Å². The number of carbonyl (C=O) groups excluding carboxylic acids is 1. The van der Waals surface area contributed by atoms with Crippen molar-refractivity contribution in [1.82, 2.24) is 10.2 Å². The Hall–Kier alpha value is -1.26. The van der Waals surface area contributed by atoms with Gasteiger partial charge in [0.2, 0.25) is 0 Å². The van der Waals surface area contributed by atoms with Crippen molar-refractivity contribution in [2.45, 2.75) is 52.0 Å². The molecule has 0 aromatic carbocycles. The first kappa shape index (κ1) is 14.2. The molecule has 1 aliphatic carbocycles. The molecule has 2 amide bonds. The zero-order valence-electron chi connectivity index (χ0n) is 11.8. The summed E-state index contributed by atoms with van der Waals surface area (Å²) in [7, 11) is 0. The van der Waals surface area contributed by atoms with Gasteiger partial charge in [-0.05, 0) is 32.1 Å². The van der Waals surface area contributed by atoms with Crippen LogP contribution in [-0.4, -0.2) is 41.1 Å². The SMILES string of the molecule is CCC(CC1CC1)NC(=O)N1CCC(C)(C(=O)O)C1. The number of aliphatic carboxylic acids is 1. The van der Waals surface area contributed by atoms with E-state index < -0.39 is 11.4 Å². The van der Waals surface area contributed by atoms with Crippen LogP contribution in [0.5, 0.6) is 0 Å². The second-order valence-electron chi connectivity index (χ2n) is 6.27. The maximum absolute atomic E-state index is 12.1. The standard InChI is InChI=1S/C14H24N2O3/c1-3-11(8-10-4-5-10)15-13(19)16-7-6-14(2,9-16)12(17)18/h10-11H,3-9H2,1-2H3,(H,15,19)(H,17,18). The highest BCUT2D eigenvalue weighted by molar-refractivity contribution is 5.79. The van der Waals surface area contributed by atoms with E-state index in [-0.39, 0.29) is 12.1 Å². The summed E-state index contributed by atoms with van der Waals surface area (Å²) in [6, 6.07) is 0.133. The van der Waals surface area contributed by atoms with Crippen molar-refractivity contribution in [1.29, 1.82) is 0 Å². The van der Waals surface area contributed by atoms with E-state index in [1.165, 1.54) is 12.8 Å². The molecule has 2 unspecified atom stereocenters. The number of carboxylic acids is 1.